The van der Waals surface area contributed by atoms with Gasteiger partial charge in [-0.1, -0.05) is 26.7 Å². The van der Waals surface area contributed by atoms with Crippen LogP contribution in [0.1, 0.15) is 52.4 Å². The van der Waals surface area contributed by atoms with Crippen molar-refractivity contribution in [3.8, 4) is 0 Å². The van der Waals surface area contributed by atoms with E-state index in [9.17, 15) is 0 Å². The van der Waals surface area contributed by atoms with Crippen LogP contribution in [0.25, 0.3) is 0 Å². The van der Waals surface area contributed by atoms with Gasteiger partial charge in [0.05, 0.1) is 6.61 Å². The first-order chi connectivity index (χ1) is 9.83. The highest BCUT2D eigenvalue weighted by Gasteiger charge is 2.28. The Labute approximate surface area is 125 Å². The van der Waals surface area contributed by atoms with E-state index in [0.29, 0.717) is 6.04 Å². The Morgan fingerprint density at radius 3 is 2.55 bits per heavy atom. The largest absolute Gasteiger partial charge is 0.381 e. The van der Waals surface area contributed by atoms with Crippen LogP contribution in [-0.2, 0) is 4.74 Å². The third kappa shape index (κ3) is 5.01. The minimum absolute atomic E-state index is 0.639. The molecule has 3 heteroatoms. The van der Waals surface area contributed by atoms with Gasteiger partial charge in [-0.25, -0.2) is 0 Å². The van der Waals surface area contributed by atoms with Gasteiger partial charge in [0.2, 0.25) is 0 Å². The number of likely N-dealkylation sites (tertiary alicyclic amines) is 1. The zero-order valence-electron chi connectivity index (χ0n) is 13.6. The van der Waals surface area contributed by atoms with Gasteiger partial charge < -0.3 is 15.0 Å². The third-order valence-corrected chi connectivity index (χ3v) is 5.05. The molecule has 0 spiro atoms. The average molecular weight is 282 g/mol. The first-order valence-corrected chi connectivity index (χ1v) is 8.87. The molecule has 2 atom stereocenters. The molecule has 2 aliphatic rings. The molecule has 1 N–H and O–H groups in total. The van der Waals surface area contributed by atoms with Crippen LogP contribution in [0.5, 0.6) is 0 Å². The fourth-order valence-corrected chi connectivity index (χ4v) is 3.72. The van der Waals surface area contributed by atoms with Crippen molar-refractivity contribution in [2.75, 3.05) is 39.4 Å². The normalized spacial score (nSPS) is 27.0. The lowest BCUT2D eigenvalue weighted by Crippen LogP contribution is -2.48. The Morgan fingerprint density at radius 2 is 1.95 bits per heavy atom. The number of hydrogen-bond acceptors (Lipinski definition) is 3. The van der Waals surface area contributed by atoms with Gasteiger partial charge >= 0.3 is 0 Å². The predicted molar refractivity (Wildman–Crippen MR) is 85.1 cm³/mol. The van der Waals surface area contributed by atoms with Crippen LogP contribution in [0.2, 0.25) is 0 Å². The second-order valence-electron chi connectivity index (χ2n) is 6.72. The summed E-state index contributed by atoms with van der Waals surface area (Å²) in [6.45, 7) is 11.5. The second kappa shape index (κ2) is 9.01. The number of rotatable bonds is 8. The summed E-state index contributed by atoms with van der Waals surface area (Å²) in [4.78, 5) is 2.69. The van der Waals surface area contributed by atoms with E-state index >= 15 is 0 Å². The topological polar surface area (TPSA) is 24.5 Å². The molecule has 3 nitrogen and oxygen atoms in total. The molecule has 0 aromatic heterocycles. The maximum absolute atomic E-state index is 5.60. The van der Waals surface area contributed by atoms with Crippen LogP contribution < -0.4 is 5.32 Å². The number of nitrogens with one attached hydrogen (secondary N) is 1. The molecule has 0 saturated carbocycles. The van der Waals surface area contributed by atoms with Crippen molar-refractivity contribution in [1.29, 1.82) is 0 Å². The van der Waals surface area contributed by atoms with Gasteiger partial charge in [0.15, 0.2) is 0 Å². The zero-order valence-corrected chi connectivity index (χ0v) is 13.6. The van der Waals surface area contributed by atoms with Crippen molar-refractivity contribution in [2.45, 2.75) is 58.4 Å². The summed E-state index contributed by atoms with van der Waals surface area (Å²) in [5.74, 6) is 1.73. The van der Waals surface area contributed by atoms with Gasteiger partial charge in [0.1, 0.15) is 0 Å². The molecule has 2 unspecified atom stereocenters. The lowest BCUT2D eigenvalue weighted by molar-refractivity contribution is 0.135. The Bertz CT molecular complexity index is 245. The van der Waals surface area contributed by atoms with Crippen LogP contribution in [-0.4, -0.2) is 50.3 Å². The minimum atomic E-state index is 0.639. The summed E-state index contributed by atoms with van der Waals surface area (Å²) in [6.07, 6.45) is 8.08. The Kier molecular flexibility index (Phi) is 7.32. The summed E-state index contributed by atoms with van der Waals surface area (Å²) >= 11 is 0. The molecule has 20 heavy (non-hydrogen) atoms. The quantitative estimate of drug-likeness (QED) is 0.741. The van der Waals surface area contributed by atoms with Crippen LogP contribution in [0.4, 0.5) is 0 Å². The van der Waals surface area contributed by atoms with Crippen molar-refractivity contribution in [3.63, 3.8) is 0 Å². The zero-order chi connectivity index (χ0) is 14.2. The summed E-state index contributed by atoms with van der Waals surface area (Å²) < 4.78 is 5.60. The molecule has 2 aliphatic heterocycles. The fraction of sp³-hybridized carbons (Fsp3) is 1.00. The van der Waals surface area contributed by atoms with Crippen LogP contribution in [0.15, 0.2) is 0 Å². The maximum atomic E-state index is 5.60. The Hall–Kier alpha value is -0.120. The molecule has 0 bridgehead atoms. The molecule has 0 aromatic carbocycles. The monoisotopic (exact) mass is 282 g/mol. The molecule has 0 radical (unpaired) electrons. The highest BCUT2D eigenvalue weighted by atomic mass is 16.5. The summed E-state index contributed by atoms with van der Waals surface area (Å²) in [5, 5.41) is 3.77. The van der Waals surface area contributed by atoms with Crippen molar-refractivity contribution < 1.29 is 4.74 Å². The van der Waals surface area contributed by atoms with E-state index in [2.05, 4.69) is 24.1 Å². The van der Waals surface area contributed by atoms with Gasteiger partial charge in [0.25, 0.3) is 0 Å². The van der Waals surface area contributed by atoms with E-state index < -0.39 is 0 Å². The fourth-order valence-electron chi connectivity index (χ4n) is 3.72. The van der Waals surface area contributed by atoms with Crippen molar-refractivity contribution in [1.82, 2.24) is 10.2 Å². The Balaban J connectivity index is 1.75. The van der Waals surface area contributed by atoms with Crippen LogP contribution >= 0.6 is 0 Å². The van der Waals surface area contributed by atoms with Crippen molar-refractivity contribution >= 4 is 0 Å². The third-order valence-electron chi connectivity index (χ3n) is 5.05. The van der Waals surface area contributed by atoms with E-state index in [1.54, 1.807) is 0 Å². The summed E-state index contributed by atoms with van der Waals surface area (Å²) in [7, 11) is 0. The highest BCUT2D eigenvalue weighted by Crippen LogP contribution is 2.23. The molecule has 0 amide bonds. The minimum Gasteiger partial charge on any atom is -0.381 e. The average Bonchev–Trinajstić information content (AvgIpc) is 3.00. The lowest BCUT2D eigenvalue weighted by atomic mass is 9.91. The first kappa shape index (κ1) is 16.3. The predicted octanol–water partition coefficient (Wildman–Crippen LogP) is 2.90. The van der Waals surface area contributed by atoms with E-state index in [1.807, 2.05) is 0 Å². The molecular formula is C17H34N2O. The summed E-state index contributed by atoms with van der Waals surface area (Å²) in [5.41, 5.74) is 0. The van der Waals surface area contributed by atoms with Gasteiger partial charge in [-0.3, -0.25) is 0 Å². The highest BCUT2D eigenvalue weighted by molar-refractivity contribution is 4.84. The first-order valence-electron chi connectivity index (χ1n) is 8.87. The van der Waals surface area contributed by atoms with E-state index in [1.165, 1.54) is 58.2 Å². The molecule has 118 valence electrons. The van der Waals surface area contributed by atoms with Crippen LogP contribution in [0.3, 0.4) is 0 Å². The molecule has 2 heterocycles. The molecule has 0 aromatic rings. The second-order valence-corrected chi connectivity index (χ2v) is 6.72. The van der Waals surface area contributed by atoms with Crippen molar-refractivity contribution in [2.24, 2.45) is 11.8 Å². The molecular weight excluding hydrogens is 248 g/mol. The van der Waals surface area contributed by atoms with Crippen LogP contribution in [0, 0.1) is 11.8 Å². The summed E-state index contributed by atoms with van der Waals surface area (Å²) in [6, 6.07) is 0.639. The van der Waals surface area contributed by atoms with Crippen molar-refractivity contribution in [3.05, 3.63) is 0 Å². The van der Waals surface area contributed by atoms with E-state index in [4.69, 9.17) is 4.74 Å². The molecule has 0 aliphatic carbocycles. The molecule has 2 saturated heterocycles. The smallest absolute Gasteiger partial charge is 0.0510 e. The maximum Gasteiger partial charge on any atom is 0.0510 e. The number of ether oxygens (including phenoxy) is 1. The van der Waals surface area contributed by atoms with E-state index in [-0.39, 0.29) is 0 Å². The molecule has 2 rings (SSSR count). The SMILES string of the molecule is CCCNC(CN1CCC(CCC)CC1)C1CCOC1. The molecule has 2 fully saturated rings. The Morgan fingerprint density at radius 1 is 1.15 bits per heavy atom. The van der Waals surface area contributed by atoms with Gasteiger partial charge in [-0.15, -0.1) is 0 Å². The number of hydrogen-bond donors (Lipinski definition) is 1. The number of nitrogens with zero attached hydrogens (tertiary/aromatic N) is 1. The lowest BCUT2D eigenvalue weighted by Gasteiger charge is -2.36. The van der Waals surface area contributed by atoms with E-state index in [0.717, 1.165) is 31.6 Å². The number of piperidine rings is 1. The van der Waals surface area contributed by atoms with Gasteiger partial charge in [-0.05, 0) is 51.2 Å². The van der Waals surface area contributed by atoms with Gasteiger partial charge in [-0.2, -0.15) is 0 Å². The van der Waals surface area contributed by atoms with Gasteiger partial charge in [0, 0.05) is 25.1 Å². The standard InChI is InChI=1S/C17H34N2O/c1-3-5-15-6-10-19(11-7-15)13-17(18-9-4-2)16-8-12-20-14-16/h15-18H,3-14H2,1-2H3.